The molecular formula is C29H27F3N6O. The highest BCUT2D eigenvalue weighted by atomic mass is 19.4. The van der Waals surface area contributed by atoms with Crippen LogP contribution in [0.2, 0.25) is 0 Å². The first-order chi connectivity index (χ1) is 18.6. The van der Waals surface area contributed by atoms with Crippen molar-refractivity contribution in [1.29, 1.82) is 0 Å². The van der Waals surface area contributed by atoms with Crippen molar-refractivity contribution in [3.8, 4) is 11.8 Å². The lowest BCUT2D eigenvalue weighted by atomic mass is 10.0. The number of hydrogen-bond acceptors (Lipinski definition) is 5. The van der Waals surface area contributed by atoms with Crippen LogP contribution in [0.5, 0.6) is 0 Å². The van der Waals surface area contributed by atoms with Gasteiger partial charge in [0.15, 0.2) is 5.65 Å². The van der Waals surface area contributed by atoms with Gasteiger partial charge in [0.25, 0.3) is 5.91 Å². The number of rotatable bonds is 4. The molecule has 4 aromatic rings. The number of likely N-dealkylation sites (N-methyl/N-ethyl adjacent to an activating group) is 1. The Morgan fingerprint density at radius 2 is 1.82 bits per heavy atom. The summed E-state index contributed by atoms with van der Waals surface area (Å²) in [6.07, 6.45) is 2.14. The summed E-state index contributed by atoms with van der Waals surface area (Å²) in [5.41, 5.74) is 2.85. The highest BCUT2D eigenvalue weighted by molar-refractivity contribution is 6.04. The largest absolute Gasteiger partial charge is 0.416 e. The molecular weight excluding hydrogens is 505 g/mol. The summed E-state index contributed by atoms with van der Waals surface area (Å²) < 4.78 is 42.9. The molecule has 10 heteroatoms. The van der Waals surface area contributed by atoms with E-state index >= 15 is 0 Å². The number of benzene rings is 2. The lowest BCUT2D eigenvalue weighted by molar-refractivity contribution is -0.137. The molecule has 0 saturated carbocycles. The smallest absolute Gasteiger partial charge is 0.322 e. The Morgan fingerprint density at radius 3 is 2.59 bits per heavy atom. The predicted octanol–water partition coefficient (Wildman–Crippen LogP) is 4.46. The number of carbonyl (C=O) groups excluding carboxylic acids is 1. The van der Waals surface area contributed by atoms with E-state index in [1.807, 2.05) is 20.0 Å². The van der Waals surface area contributed by atoms with Crippen molar-refractivity contribution in [2.75, 3.05) is 38.5 Å². The van der Waals surface area contributed by atoms with Gasteiger partial charge in [0.2, 0.25) is 0 Å². The van der Waals surface area contributed by atoms with Crippen molar-refractivity contribution in [2.45, 2.75) is 19.6 Å². The number of nitrogens with zero attached hydrogens (tertiary/aromatic N) is 5. The van der Waals surface area contributed by atoms with Gasteiger partial charge in [-0.05, 0) is 67.4 Å². The van der Waals surface area contributed by atoms with E-state index in [-0.39, 0.29) is 5.69 Å². The molecule has 1 saturated heterocycles. The molecule has 2 aromatic heterocycles. The first kappa shape index (κ1) is 26.4. The Morgan fingerprint density at radius 1 is 1.03 bits per heavy atom. The number of hydrogen-bond donors (Lipinski definition) is 1. The predicted molar refractivity (Wildman–Crippen MR) is 142 cm³/mol. The maximum atomic E-state index is 13.7. The molecule has 0 aliphatic carbocycles. The van der Waals surface area contributed by atoms with Crippen LogP contribution in [0.25, 0.3) is 5.65 Å². The molecule has 2 aromatic carbocycles. The molecule has 39 heavy (non-hydrogen) atoms. The van der Waals surface area contributed by atoms with Gasteiger partial charge in [0, 0.05) is 61.9 Å². The summed E-state index contributed by atoms with van der Waals surface area (Å²) in [6, 6.07) is 8.89. The van der Waals surface area contributed by atoms with Crippen LogP contribution in [0.1, 0.15) is 38.3 Å². The molecule has 200 valence electrons. The number of aromatic nitrogens is 3. The number of halogens is 3. The van der Waals surface area contributed by atoms with Gasteiger partial charge in [-0.2, -0.15) is 13.2 Å². The molecule has 0 unspecified atom stereocenters. The first-order valence-corrected chi connectivity index (χ1v) is 12.5. The van der Waals surface area contributed by atoms with Gasteiger partial charge in [0.1, 0.15) is 5.69 Å². The molecule has 1 aliphatic heterocycles. The number of anilines is 1. The highest BCUT2D eigenvalue weighted by Gasteiger charge is 2.31. The zero-order valence-electron chi connectivity index (χ0n) is 21.6. The summed E-state index contributed by atoms with van der Waals surface area (Å²) in [6.45, 7) is 5.47. The standard InChI is InChI=1S/C29H27F3N6O/c1-20-11-21(3-4-26-17-34-27-18-33-5-6-38(26)27)13-23(12-20)28(39)35-25-15-22(14-24(16-25)29(30,31)32)19-37-9-7-36(2)8-10-37/h5-6,11-18H,7-10,19H2,1-2H3,(H,35,39). The van der Waals surface area contributed by atoms with Crippen LogP contribution < -0.4 is 5.32 Å². The van der Waals surface area contributed by atoms with Gasteiger partial charge in [-0.1, -0.05) is 5.92 Å². The average Bonchev–Trinajstić information content (AvgIpc) is 3.31. The fourth-order valence-electron chi connectivity index (χ4n) is 4.54. The van der Waals surface area contributed by atoms with Crippen LogP contribution >= 0.6 is 0 Å². The third-order valence-corrected chi connectivity index (χ3v) is 6.57. The van der Waals surface area contributed by atoms with E-state index in [0.717, 1.165) is 43.9 Å². The van der Waals surface area contributed by atoms with E-state index in [4.69, 9.17) is 0 Å². The van der Waals surface area contributed by atoms with Crippen LogP contribution in [0.15, 0.2) is 61.2 Å². The minimum absolute atomic E-state index is 0.104. The Labute approximate surface area is 224 Å². The molecule has 7 nitrogen and oxygen atoms in total. The van der Waals surface area contributed by atoms with Gasteiger partial charge in [-0.25, -0.2) is 4.98 Å². The number of fused-ring (bicyclic) bond motifs is 1. The Balaban J connectivity index is 1.38. The third-order valence-electron chi connectivity index (χ3n) is 6.57. The molecule has 0 radical (unpaired) electrons. The molecule has 0 bridgehead atoms. The summed E-state index contributed by atoms with van der Waals surface area (Å²) in [7, 11) is 2.02. The monoisotopic (exact) mass is 532 g/mol. The normalized spacial score (nSPS) is 14.7. The SMILES string of the molecule is Cc1cc(C#Cc2cnc3cnccn23)cc(C(=O)Nc2cc(CN3CCN(C)CC3)cc(C(F)(F)F)c2)c1. The van der Waals surface area contributed by atoms with E-state index in [1.54, 1.807) is 47.4 Å². The number of aryl methyl sites for hydroxylation is 1. The average molecular weight is 533 g/mol. The second-order valence-electron chi connectivity index (χ2n) is 9.74. The molecule has 1 amide bonds. The second-order valence-corrected chi connectivity index (χ2v) is 9.74. The molecule has 1 N–H and O–H groups in total. The number of carbonyl (C=O) groups is 1. The fourth-order valence-corrected chi connectivity index (χ4v) is 4.54. The summed E-state index contributed by atoms with van der Waals surface area (Å²) in [4.78, 5) is 25.7. The minimum atomic E-state index is -4.53. The number of imidazole rings is 1. The molecule has 1 aliphatic rings. The van der Waals surface area contributed by atoms with E-state index in [1.165, 1.54) is 0 Å². The van der Waals surface area contributed by atoms with Crippen molar-refractivity contribution in [2.24, 2.45) is 0 Å². The van der Waals surface area contributed by atoms with Gasteiger partial charge < -0.3 is 10.2 Å². The van der Waals surface area contributed by atoms with Crippen LogP contribution in [0.3, 0.4) is 0 Å². The zero-order valence-corrected chi connectivity index (χ0v) is 21.6. The van der Waals surface area contributed by atoms with Crippen LogP contribution in [0.4, 0.5) is 18.9 Å². The topological polar surface area (TPSA) is 65.8 Å². The molecule has 3 heterocycles. The zero-order chi connectivity index (χ0) is 27.6. The summed E-state index contributed by atoms with van der Waals surface area (Å²) in [5.74, 6) is 5.61. The summed E-state index contributed by atoms with van der Waals surface area (Å²) >= 11 is 0. The van der Waals surface area contributed by atoms with E-state index in [2.05, 4.69) is 36.9 Å². The van der Waals surface area contributed by atoms with Crippen LogP contribution in [-0.4, -0.2) is 63.3 Å². The van der Waals surface area contributed by atoms with Crippen molar-refractivity contribution in [3.05, 3.63) is 94.7 Å². The summed E-state index contributed by atoms with van der Waals surface area (Å²) in [5, 5.41) is 2.67. The second kappa shape index (κ2) is 10.9. The maximum absolute atomic E-state index is 13.7. The van der Waals surface area contributed by atoms with Crippen molar-refractivity contribution >= 4 is 17.2 Å². The molecule has 0 atom stereocenters. The highest BCUT2D eigenvalue weighted by Crippen LogP contribution is 2.32. The Hall–Kier alpha value is -4.20. The minimum Gasteiger partial charge on any atom is -0.322 e. The van der Waals surface area contributed by atoms with Gasteiger partial charge in [-0.15, -0.1) is 0 Å². The van der Waals surface area contributed by atoms with E-state index in [0.29, 0.717) is 34.6 Å². The molecule has 0 spiro atoms. The lowest BCUT2D eigenvalue weighted by Crippen LogP contribution is -2.43. The Bertz CT molecular complexity index is 1580. The van der Waals surface area contributed by atoms with Gasteiger partial charge >= 0.3 is 6.18 Å². The van der Waals surface area contributed by atoms with Crippen molar-refractivity contribution < 1.29 is 18.0 Å². The number of amides is 1. The van der Waals surface area contributed by atoms with E-state index in [9.17, 15) is 18.0 Å². The number of nitrogens with one attached hydrogen (secondary N) is 1. The molecule has 1 fully saturated rings. The Kier molecular flexibility index (Phi) is 7.37. The van der Waals surface area contributed by atoms with Crippen molar-refractivity contribution in [3.63, 3.8) is 0 Å². The van der Waals surface area contributed by atoms with Crippen molar-refractivity contribution in [1.82, 2.24) is 24.2 Å². The first-order valence-electron chi connectivity index (χ1n) is 12.5. The maximum Gasteiger partial charge on any atom is 0.416 e. The molecule has 5 rings (SSSR count). The number of piperazine rings is 1. The van der Waals surface area contributed by atoms with Crippen LogP contribution in [0, 0.1) is 18.8 Å². The third kappa shape index (κ3) is 6.45. The van der Waals surface area contributed by atoms with Gasteiger partial charge in [0.05, 0.1) is 18.0 Å². The number of alkyl halides is 3. The fraction of sp³-hybridized carbons (Fsp3) is 0.276. The van der Waals surface area contributed by atoms with Crippen LogP contribution in [-0.2, 0) is 12.7 Å². The lowest BCUT2D eigenvalue weighted by Gasteiger charge is -2.32. The van der Waals surface area contributed by atoms with E-state index < -0.39 is 17.6 Å². The van der Waals surface area contributed by atoms with Gasteiger partial charge in [-0.3, -0.25) is 19.1 Å². The quantitative estimate of drug-likeness (QED) is 0.394.